The Morgan fingerprint density at radius 2 is 2.00 bits per heavy atom. The van der Waals surface area contributed by atoms with Gasteiger partial charge in [-0.3, -0.25) is 9.48 Å². The molecule has 2 heterocycles. The second kappa shape index (κ2) is 8.53. The first kappa shape index (κ1) is 18.7. The van der Waals surface area contributed by atoms with Gasteiger partial charge in [0.2, 0.25) is 0 Å². The van der Waals surface area contributed by atoms with Crippen molar-refractivity contribution in [3.05, 3.63) is 60.1 Å². The Morgan fingerprint density at radius 3 is 2.67 bits per heavy atom. The maximum absolute atomic E-state index is 12.4. The third kappa shape index (κ3) is 4.97. The van der Waals surface area contributed by atoms with E-state index in [1.165, 1.54) is 6.33 Å². The summed E-state index contributed by atoms with van der Waals surface area (Å²) in [6.45, 7) is 6.55. The molecule has 2 aromatic heterocycles. The molecule has 0 fully saturated rings. The molecule has 3 rings (SSSR count). The topological polar surface area (TPSA) is 85.6 Å². The lowest BCUT2D eigenvalue weighted by Gasteiger charge is -2.14. The molecule has 1 aromatic carbocycles. The normalized spacial score (nSPS) is 12.0. The number of benzene rings is 1. The van der Waals surface area contributed by atoms with E-state index < -0.39 is 0 Å². The molecule has 0 spiro atoms. The lowest BCUT2D eigenvalue weighted by Crippen LogP contribution is -2.35. The van der Waals surface area contributed by atoms with Gasteiger partial charge in [-0.2, -0.15) is 5.10 Å². The fraction of sp³-hybridized carbons (Fsp3) is 0.350. The summed E-state index contributed by atoms with van der Waals surface area (Å²) < 4.78 is 1.69. The van der Waals surface area contributed by atoms with Crippen LogP contribution in [0.1, 0.15) is 42.1 Å². The van der Waals surface area contributed by atoms with Crippen LogP contribution in [0.15, 0.2) is 43.0 Å². The Hall–Kier alpha value is -3.09. The highest BCUT2D eigenvalue weighted by Gasteiger charge is 2.11. The number of nitrogens with zero attached hydrogens (tertiary/aromatic N) is 5. The molecule has 0 saturated carbocycles. The zero-order valence-corrected chi connectivity index (χ0v) is 15.9. The van der Waals surface area contributed by atoms with Crippen LogP contribution in [-0.2, 0) is 13.0 Å². The van der Waals surface area contributed by atoms with E-state index in [0.29, 0.717) is 12.1 Å². The fourth-order valence-electron chi connectivity index (χ4n) is 2.91. The molecule has 1 amide bonds. The van der Waals surface area contributed by atoms with E-state index in [0.717, 1.165) is 35.6 Å². The molecule has 0 aliphatic carbocycles. The van der Waals surface area contributed by atoms with Crippen molar-refractivity contribution < 1.29 is 4.79 Å². The molecule has 27 heavy (non-hydrogen) atoms. The number of amides is 1. The first-order chi connectivity index (χ1) is 13.0. The number of hydrogen-bond acceptors (Lipinski definition) is 5. The summed E-state index contributed by atoms with van der Waals surface area (Å²) in [4.78, 5) is 25.3. The van der Waals surface area contributed by atoms with Gasteiger partial charge in [0, 0.05) is 22.9 Å². The summed E-state index contributed by atoms with van der Waals surface area (Å²) >= 11 is 0. The maximum Gasteiger partial charge on any atom is 0.251 e. The Labute approximate surface area is 158 Å². The van der Waals surface area contributed by atoms with Gasteiger partial charge < -0.3 is 5.32 Å². The summed E-state index contributed by atoms with van der Waals surface area (Å²) in [6, 6.07) is 9.46. The number of carbonyl (C=O) groups excluding carboxylic acids is 1. The number of aryl methyl sites for hydroxylation is 2. The van der Waals surface area contributed by atoms with Crippen molar-refractivity contribution in [2.75, 3.05) is 0 Å². The van der Waals surface area contributed by atoms with Crippen LogP contribution in [0.4, 0.5) is 0 Å². The number of rotatable bonds is 7. The number of carbonyl (C=O) groups is 1. The molecule has 0 saturated heterocycles. The monoisotopic (exact) mass is 364 g/mol. The van der Waals surface area contributed by atoms with Gasteiger partial charge >= 0.3 is 0 Å². The molecule has 7 nitrogen and oxygen atoms in total. The summed E-state index contributed by atoms with van der Waals surface area (Å²) in [6.07, 6.45) is 5.09. The van der Waals surface area contributed by atoms with E-state index in [1.54, 1.807) is 11.0 Å². The zero-order valence-electron chi connectivity index (χ0n) is 15.9. The second-order valence-electron chi connectivity index (χ2n) is 6.61. The Kier molecular flexibility index (Phi) is 5.90. The molecule has 7 heteroatoms. The van der Waals surface area contributed by atoms with Crippen molar-refractivity contribution in [1.82, 2.24) is 30.0 Å². The lowest BCUT2D eigenvalue weighted by molar-refractivity contribution is 0.0936. The molecule has 140 valence electrons. The van der Waals surface area contributed by atoms with Gasteiger partial charge in [-0.1, -0.05) is 25.5 Å². The second-order valence-corrected chi connectivity index (χ2v) is 6.61. The van der Waals surface area contributed by atoms with E-state index in [9.17, 15) is 4.79 Å². The van der Waals surface area contributed by atoms with E-state index in [2.05, 4.69) is 32.3 Å². The molecular weight excluding hydrogens is 340 g/mol. The van der Waals surface area contributed by atoms with E-state index in [4.69, 9.17) is 0 Å². The summed E-state index contributed by atoms with van der Waals surface area (Å²) in [5, 5.41) is 7.03. The minimum absolute atomic E-state index is 0.0556. The van der Waals surface area contributed by atoms with Crippen LogP contribution < -0.4 is 5.32 Å². The van der Waals surface area contributed by atoms with Crippen LogP contribution in [0, 0.1) is 6.92 Å². The van der Waals surface area contributed by atoms with Gasteiger partial charge in [0.05, 0.1) is 12.2 Å². The van der Waals surface area contributed by atoms with Crippen molar-refractivity contribution in [1.29, 1.82) is 0 Å². The molecule has 3 aromatic rings. The standard InChI is InChI=1S/C20H24N6O/c1-4-5-18-10-19(25-15(3)24-18)16-6-8-17(9-7-16)20(27)23-14(2)11-26-13-21-12-22-26/h6-10,12-14H,4-5,11H2,1-3H3,(H,23,27)/t14-/m1/s1. The molecule has 0 unspecified atom stereocenters. The SMILES string of the molecule is CCCc1cc(-c2ccc(C(=O)N[C@H](C)Cn3cncn3)cc2)nc(C)n1. The first-order valence-electron chi connectivity index (χ1n) is 9.13. The first-order valence-corrected chi connectivity index (χ1v) is 9.13. The van der Waals surface area contributed by atoms with Crippen molar-refractivity contribution in [2.24, 2.45) is 0 Å². The minimum Gasteiger partial charge on any atom is -0.348 e. The van der Waals surface area contributed by atoms with Crippen LogP contribution >= 0.6 is 0 Å². The van der Waals surface area contributed by atoms with Crippen molar-refractivity contribution in [3.63, 3.8) is 0 Å². The summed E-state index contributed by atoms with van der Waals surface area (Å²) in [7, 11) is 0. The minimum atomic E-state index is -0.111. The maximum atomic E-state index is 12.4. The predicted molar refractivity (Wildman–Crippen MR) is 103 cm³/mol. The number of hydrogen-bond donors (Lipinski definition) is 1. The van der Waals surface area contributed by atoms with Crippen molar-refractivity contribution >= 4 is 5.91 Å². The average Bonchev–Trinajstić information content (AvgIpc) is 3.14. The average molecular weight is 364 g/mol. The molecule has 0 aliphatic heterocycles. The zero-order chi connectivity index (χ0) is 19.2. The van der Waals surface area contributed by atoms with E-state index in [-0.39, 0.29) is 11.9 Å². The molecule has 0 aliphatic rings. The Morgan fingerprint density at radius 1 is 1.22 bits per heavy atom. The number of aromatic nitrogens is 5. The van der Waals surface area contributed by atoms with Crippen LogP contribution in [0.3, 0.4) is 0 Å². The van der Waals surface area contributed by atoms with Crippen molar-refractivity contribution in [3.8, 4) is 11.3 Å². The third-order valence-corrected chi connectivity index (χ3v) is 4.14. The molecular formula is C20H24N6O. The molecule has 0 radical (unpaired) electrons. The molecule has 1 N–H and O–H groups in total. The fourth-order valence-corrected chi connectivity index (χ4v) is 2.91. The van der Waals surface area contributed by atoms with Crippen LogP contribution in [-0.4, -0.2) is 36.7 Å². The van der Waals surface area contributed by atoms with Crippen LogP contribution in [0.25, 0.3) is 11.3 Å². The highest BCUT2D eigenvalue weighted by molar-refractivity contribution is 5.94. The summed E-state index contributed by atoms with van der Waals surface area (Å²) in [5.41, 5.74) is 3.52. The van der Waals surface area contributed by atoms with Crippen LogP contribution in [0.5, 0.6) is 0 Å². The van der Waals surface area contributed by atoms with Gasteiger partial charge in [-0.15, -0.1) is 0 Å². The largest absolute Gasteiger partial charge is 0.348 e. The molecule has 0 bridgehead atoms. The highest BCUT2D eigenvalue weighted by Crippen LogP contribution is 2.19. The number of nitrogens with one attached hydrogen (secondary N) is 1. The van der Waals surface area contributed by atoms with Crippen LogP contribution in [0.2, 0.25) is 0 Å². The lowest BCUT2D eigenvalue weighted by atomic mass is 10.1. The van der Waals surface area contributed by atoms with Gasteiger partial charge in [-0.05, 0) is 38.5 Å². The van der Waals surface area contributed by atoms with Gasteiger partial charge in [0.15, 0.2) is 0 Å². The van der Waals surface area contributed by atoms with Gasteiger partial charge in [0.1, 0.15) is 18.5 Å². The quantitative estimate of drug-likeness (QED) is 0.697. The smallest absolute Gasteiger partial charge is 0.251 e. The van der Waals surface area contributed by atoms with Gasteiger partial charge in [-0.25, -0.2) is 15.0 Å². The van der Waals surface area contributed by atoms with E-state index >= 15 is 0 Å². The van der Waals surface area contributed by atoms with E-state index in [1.807, 2.05) is 44.2 Å². The predicted octanol–water partition coefficient (Wildman–Crippen LogP) is 2.81. The molecule has 1 atom stereocenters. The third-order valence-electron chi connectivity index (χ3n) is 4.14. The Bertz CT molecular complexity index is 889. The summed E-state index contributed by atoms with van der Waals surface area (Å²) in [5.74, 6) is 0.652. The highest BCUT2D eigenvalue weighted by atomic mass is 16.1. The Balaban J connectivity index is 1.68. The van der Waals surface area contributed by atoms with Gasteiger partial charge in [0.25, 0.3) is 5.91 Å². The van der Waals surface area contributed by atoms with Crippen molar-refractivity contribution in [2.45, 2.75) is 46.2 Å².